The second kappa shape index (κ2) is 2.76. The Morgan fingerprint density at radius 1 is 1.18 bits per heavy atom. The van der Waals surface area contributed by atoms with E-state index in [9.17, 15) is 0 Å². The van der Waals surface area contributed by atoms with E-state index in [1.54, 1.807) is 0 Å². The van der Waals surface area contributed by atoms with E-state index in [0.717, 1.165) is 17.9 Å². The Hall–Kier alpha value is -0.0800. The largest absolute Gasteiger partial charge is 0.316 e. The minimum atomic E-state index is 0.856. The number of hydrogen-bond acceptors (Lipinski definition) is 2. The van der Waals surface area contributed by atoms with Crippen molar-refractivity contribution in [3.8, 4) is 0 Å². The van der Waals surface area contributed by atoms with Crippen molar-refractivity contribution in [3.05, 3.63) is 0 Å². The topological polar surface area (TPSA) is 15.3 Å². The van der Waals surface area contributed by atoms with Gasteiger partial charge in [0.25, 0.3) is 0 Å². The van der Waals surface area contributed by atoms with Crippen LogP contribution in [-0.4, -0.2) is 38.1 Å². The molecule has 2 nitrogen and oxygen atoms in total. The highest BCUT2D eigenvalue weighted by molar-refractivity contribution is 4.95. The molecule has 0 aromatic heterocycles. The predicted molar refractivity (Wildman–Crippen MR) is 46.6 cm³/mol. The van der Waals surface area contributed by atoms with E-state index in [1.165, 1.54) is 25.9 Å². The van der Waals surface area contributed by atoms with Crippen molar-refractivity contribution in [1.82, 2.24) is 10.2 Å². The third-order valence-corrected chi connectivity index (χ3v) is 3.38. The number of hydrogen-bond donors (Lipinski definition) is 1. The van der Waals surface area contributed by atoms with Crippen molar-refractivity contribution in [2.45, 2.75) is 18.9 Å². The Balaban J connectivity index is 2.03. The van der Waals surface area contributed by atoms with Crippen LogP contribution in [0.5, 0.6) is 0 Å². The molecule has 0 radical (unpaired) electrons. The molecule has 1 heterocycles. The van der Waals surface area contributed by atoms with Crippen LogP contribution in [-0.2, 0) is 0 Å². The minimum Gasteiger partial charge on any atom is -0.316 e. The molecule has 1 aliphatic carbocycles. The van der Waals surface area contributed by atoms with E-state index in [1.807, 2.05) is 0 Å². The molecular formula is C9H18N2. The minimum absolute atomic E-state index is 0.856. The fraction of sp³-hybridized carbons (Fsp3) is 1.00. The molecule has 2 rings (SSSR count). The second-order valence-corrected chi connectivity index (χ2v) is 4.19. The number of nitrogens with one attached hydrogen (secondary N) is 1. The van der Waals surface area contributed by atoms with E-state index in [4.69, 9.17) is 0 Å². The summed E-state index contributed by atoms with van der Waals surface area (Å²) in [6.45, 7) is 2.53. The summed E-state index contributed by atoms with van der Waals surface area (Å²) in [5.41, 5.74) is 0. The quantitative estimate of drug-likeness (QED) is 0.593. The fourth-order valence-corrected chi connectivity index (χ4v) is 2.76. The second-order valence-electron chi connectivity index (χ2n) is 4.19. The molecule has 2 heteroatoms. The first-order chi connectivity index (χ1) is 5.29. The van der Waals surface area contributed by atoms with Crippen molar-refractivity contribution in [2.24, 2.45) is 11.8 Å². The first-order valence-electron chi connectivity index (χ1n) is 4.66. The monoisotopic (exact) mass is 154 g/mol. The van der Waals surface area contributed by atoms with E-state index in [-0.39, 0.29) is 0 Å². The van der Waals surface area contributed by atoms with Gasteiger partial charge in [-0.05, 0) is 51.9 Å². The van der Waals surface area contributed by atoms with Gasteiger partial charge >= 0.3 is 0 Å². The Morgan fingerprint density at radius 3 is 2.73 bits per heavy atom. The average Bonchev–Trinajstić information content (AvgIpc) is 2.41. The fourth-order valence-electron chi connectivity index (χ4n) is 2.76. The van der Waals surface area contributed by atoms with Crippen molar-refractivity contribution in [2.75, 3.05) is 27.2 Å². The molecule has 1 saturated heterocycles. The van der Waals surface area contributed by atoms with Gasteiger partial charge < -0.3 is 10.2 Å². The summed E-state index contributed by atoms with van der Waals surface area (Å²) >= 11 is 0. The van der Waals surface area contributed by atoms with Crippen LogP contribution in [0.15, 0.2) is 0 Å². The SMILES string of the molecule is CN(C)[C@@H]1CC[C@@H]2CNCC21. The molecule has 0 spiro atoms. The third kappa shape index (κ3) is 1.18. The van der Waals surface area contributed by atoms with Gasteiger partial charge in [-0.3, -0.25) is 0 Å². The highest BCUT2D eigenvalue weighted by atomic mass is 15.1. The molecule has 2 aliphatic rings. The zero-order chi connectivity index (χ0) is 7.84. The van der Waals surface area contributed by atoms with Gasteiger partial charge in [0.05, 0.1) is 0 Å². The van der Waals surface area contributed by atoms with E-state index >= 15 is 0 Å². The molecule has 2 fully saturated rings. The molecule has 11 heavy (non-hydrogen) atoms. The number of nitrogens with zero attached hydrogens (tertiary/aromatic N) is 1. The Bertz CT molecular complexity index is 144. The summed E-state index contributed by atoms with van der Waals surface area (Å²) in [4.78, 5) is 2.40. The summed E-state index contributed by atoms with van der Waals surface area (Å²) in [6, 6.07) is 0.856. The standard InChI is InChI=1S/C9H18N2/c1-11(2)9-4-3-7-5-10-6-8(7)9/h7-10H,3-6H2,1-2H3/t7-,8?,9-/m1/s1. The lowest BCUT2D eigenvalue weighted by atomic mass is 9.97. The summed E-state index contributed by atoms with van der Waals surface area (Å²) in [5, 5.41) is 3.48. The summed E-state index contributed by atoms with van der Waals surface area (Å²) < 4.78 is 0. The van der Waals surface area contributed by atoms with Crippen molar-refractivity contribution < 1.29 is 0 Å². The maximum atomic E-state index is 3.48. The van der Waals surface area contributed by atoms with Crippen molar-refractivity contribution in [1.29, 1.82) is 0 Å². The molecule has 0 aromatic rings. The molecule has 3 atom stereocenters. The van der Waals surface area contributed by atoms with Crippen LogP contribution in [0.1, 0.15) is 12.8 Å². The van der Waals surface area contributed by atoms with Crippen LogP contribution < -0.4 is 5.32 Å². The number of rotatable bonds is 1. The molecule has 0 bridgehead atoms. The molecular weight excluding hydrogens is 136 g/mol. The number of fused-ring (bicyclic) bond motifs is 1. The predicted octanol–water partition coefficient (Wildman–Crippen LogP) is 0.546. The van der Waals surface area contributed by atoms with Crippen LogP contribution >= 0.6 is 0 Å². The highest BCUT2D eigenvalue weighted by Gasteiger charge is 2.39. The summed E-state index contributed by atoms with van der Waals surface area (Å²) in [7, 11) is 4.43. The Morgan fingerprint density at radius 2 is 2.00 bits per heavy atom. The first-order valence-corrected chi connectivity index (χ1v) is 4.66. The lowest BCUT2D eigenvalue weighted by molar-refractivity contribution is 0.236. The maximum Gasteiger partial charge on any atom is 0.0133 e. The van der Waals surface area contributed by atoms with Gasteiger partial charge in [0.2, 0.25) is 0 Å². The van der Waals surface area contributed by atoms with Crippen LogP contribution in [0.25, 0.3) is 0 Å². The van der Waals surface area contributed by atoms with E-state index < -0.39 is 0 Å². The molecule has 1 aliphatic heterocycles. The normalized spacial score (nSPS) is 43.4. The maximum absolute atomic E-state index is 3.48. The Kier molecular flexibility index (Phi) is 1.90. The van der Waals surface area contributed by atoms with E-state index in [2.05, 4.69) is 24.3 Å². The lowest BCUT2D eigenvalue weighted by Gasteiger charge is -2.24. The van der Waals surface area contributed by atoms with Gasteiger partial charge in [-0.25, -0.2) is 0 Å². The van der Waals surface area contributed by atoms with Gasteiger partial charge in [-0.1, -0.05) is 0 Å². The summed E-state index contributed by atoms with van der Waals surface area (Å²) in [5.74, 6) is 1.94. The molecule has 0 amide bonds. The molecule has 1 saturated carbocycles. The van der Waals surface area contributed by atoms with Crippen molar-refractivity contribution >= 4 is 0 Å². The van der Waals surface area contributed by atoms with E-state index in [0.29, 0.717) is 0 Å². The van der Waals surface area contributed by atoms with Crippen LogP contribution in [0, 0.1) is 11.8 Å². The zero-order valence-electron chi connectivity index (χ0n) is 7.51. The molecule has 1 N–H and O–H groups in total. The first kappa shape index (κ1) is 7.56. The third-order valence-electron chi connectivity index (χ3n) is 3.38. The Labute approximate surface area is 69.0 Å². The van der Waals surface area contributed by atoms with Crippen LogP contribution in [0.3, 0.4) is 0 Å². The smallest absolute Gasteiger partial charge is 0.0133 e. The highest BCUT2D eigenvalue weighted by Crippen LogP contribution is 2.36. The van der Waals surface area contributed by atoms with Gasteiger partial charge in [0.15, 0.2) is 0 Å². The molecule has 64 valence electrons. The van der Waals surface area contributed by atoms with Gasteiger partial charge in [0, 0.05) is 6.04 Å². The zero-order valence-corrected chi connectivity index (χ0v) is 7.51. The van der Waals surface area contributed by atoms with Crippen LogP contribution in [0.2, 0.25) is 0 Å². The van der Waals surface area contributed by atoms with Gasteiger partial charge in [0.1, 0.15) is 0 Å². The average molecular weight is 154 g/mol. The van der Waals surface area contributed by atoms with Gasteiger partial charge in [-0.15, -0.1) is 0 Å². The lowest BCUT2D eigenvalue weighted by Crippen LogP contribution is -2.34. The van der Waals surface area contributed by atoms with Crippen LogP contribution in [0.4, 0.5) is 0 Å². The molecule has 0 aromatic carbocycles. The van der Waals surface area contributed by atoms with Crippen molar-refractivity contribution in [3.63, 3.8) is 0 Å². The van der Waals surface area contributed by atoms with Gasteiger partial charge in [-0.2, -0.15) is 0 Å². The molecule has 1 unspecified atom stereocenters. The summed E-state index contributed by atoms with van der Waals surface area (Å²) in [6.07, 6.45) is 2.87.